The van der Waals surface area contributed by atoms with Crippen molar-refractivity contribution in [3.63, 3.8) is 0 Å². The zero-order valence-electron chi connectivity index (χ0n) is 12.6. The molecule has 6 heteroatoms. The van der Waals surface area contributed by atoms with Crippen molar-refractivity contribution in [2.45, 2.75) is 12.8 Å². The van der Waals surface area contributed by atoms with Crippen molar-refractivity contribution in [3.8, 4) is 5.75 Å². The maximum atomic E-state index is 12.0. The first-order chi connectivity index (χ1) is 11.1. The first-order valence-corrected chi connectivity index (χ1v) is 7.45. The number of aryl methyl sites for hydroxylation is 1. The summed E-state index contributed by atoms with van der Waals surface area (Å²) in [6.45, 7) is 0. The van der Waals surface area contributed by atoms with E-state index in [4.69, 9.17) is 16.3 Å². The van der Waals surface area contributed by atoms with Gasteiger partial charge < -0.3 is 4.74 Å². The van der Waals surface area contributed by atoms with Gasteiger partial charge >= 0.3 is 0 Å². The number of methoxy groups -OCH3 is 1. The van der Waals surface area contributed by atoms with Gasteiger partial charge in [-0.15, -0.1) is 0 Å². The molecule has 0 bridgehead atoms. The monoisotopic (exact) mass is 332 g/mol. The molecular formula is C17H17ClN2O3. The van der Waals surface area contributed by atoms with Gasteiger partial charge in [0.1, 0.15) is 5.75 Å². The van der Waals surface area contributed by atoms with E-state index >= 15 is 0 Å². The summed E-state index contributed by atoms with van der Waals surface area (Å²) in [5, 5.41) is 0.623. The molecule has 120 valence electrons. The standard InChI is InChI=1S/C17H17ClN2O3/c1-23-15-9-5-3-7-13(15)17(22)20-19-16(21)11-10-12-6-2-4-8-14(12)18/h2-9H,10-11H2,1H3,(H,19,21)(H,20,22). The third-order valence-electron chi connectivity index (χ3n) is 3.25. The molecule has 2 N–H and O–H groups in total. The van der Waals surface area contributed by atoms with Gasteiger partial charge in [0, 0.05) is 11.4 Å². The van der Waals surface area contributed by atoms with Gasteiger partial charge in [-0.3, -0.25) is 20.4 Å². The Bertz CT molecular complexity index is 704. The smallest absolute Gasteiger partial charge is 0.273 e. The van der Waals surface area contributed by atoms with E-state index in [1.165, 1.54) is 7.11 Å². The summed E-state index contributed by atoms with van der Waals surface area (Å²) in [5.74, 6) is -0.294. The van der Waals surface area contributed by atoms with Crippen LogP contribution in [0.1, 0.15) is 22.3 Å². The summed E-state index contributed by atoms with van der Waals surface area (Å²) >= 11 is 6.03. The van der Waals surface area contributed by atoms with Crippen LogP contribution in [0.2, 0.25) is 5.02 Å². The maximum Gasteiger partial charge on any atom is 0.273 e. The molecule has 0 fully saturated rings. The number of hydrazine groups is 1. The molecule has 0 radical (unpaired) electrons. The Balaban J connectivity index is 1.84. The predicted octanol–water partition coefficient (Wildman–Crippen LogP) is 2.74. The zero-order chi connectivity index (χ0) is 16.7. The average molecular weight is 333 g/mol. The van der Waals surface area contributed by atoms with Crippen LogP contribution in [0.5, 0.6) is 5.75 Å². The van der Waals surface area contributed by atoms with Gasteiger partial charge in [0.05, 0.1) is 12.7 Å². The number of carbonyl (C=O) groups is 2. The van der Waals surface area contributed by atoms with Crippen molar-refractivity contribution < 1.29 is 14.3 Å². The minimum atomic E-state index is -0.437. The number of nitrogens with one attached hydrogen (secondary N) is 2. The summed E-state index contributed by atoms with van der Waals surface area (Å²) < 4.78 is 5.10. The minimum Gasteiger partial charge on any atom is -0.496 e. The number of carbonyl (C=O) groups excluding carboxylic acids is 2. The predicted molar refractivity (Wildman–Crippen MR) is 88.4 cm³/mol. The molecule has 0 aromatic heterocycles. The molecule has 2 amide bonds. The Morgan fingerprint density at radius 1 is 1.04 bits per heavy atom. The van der Waals surface area contributed by atoms with Crippen LogP contribution in [0.15, 0.2) is 48.5 Å². The fourth-order valence-corrected chi connectivity index (χ4v) is 2.27. The first-order valence-electron chi connectivity index (χ1n) is 7.07. The number of amides is 2. The molecule has 5 nitrogen and oxygen atoms in total. The number of benzene rings is 2. The molecule has 0 saturated heterocycles. The highest BCUT2D eigenvalue weighted by atomic mass is 35.5. The lowest BCUT2D eigenvalue weighted by atomic mass is 10.1. The maximum absolute atomic E-state index is 12.0. The van der Waals surface area contributed by atoms with Gasteiger partial charge in [-0.1, -0.05) is 41.9 Å². The molecule has 23 heavy (non-hydrogen) atoms. The molecule has 0 aliphatic heterocycles. The SMILES string of the molecule is COc1ccccc1C(=O)NNC(=O)CCc1ccccc1Cl. The Labute approximate surface area is 139 Å². The molecular weight excluding hydrogens is 316 g/mol. The fourth-order valence-electron chi connectivity index (χ4n) is 2.04. The van der Waals surface area contributed by atoms with E-state index in [-0.39, 0.29) is 12.3 Å². The van der Waals surface area contributed by atoms with E-state index in [0.717, 1.165) is 5.56 Å². The quantitative estimate of drug-likeness (QED) is 0.827. The van der Waals surface area contributed by atoms with Crippen LogP contribution < -0.4 is 15.6 Å². The normalized spacial score (nSPS) is 10.0. The van der Waals surface area contributed by atoms with E-state index in [0.29, 0.717) is 22.8 Å². The van der Waals surface area contributed by atoms with Gasteiger partial charge in [-0.25, -0.2) is 0 Å². The molecule has 0 aliphatic rings. The number of hydrogen-bond acceptors (Lipinski definition) is 3. The van der Waals surface area contributed by atoms with Crippen molar-refractivity contribution >= 4 is 23.4 Å². The number of ether oxygens (including phenoxy) is 1. The molecule has 0 heterocycles. The number of rotatable bonds is 5. The van der Waals surface area contributed by atoms with E-state index in [2.05, 4.69) is 10.9 Å². The summed E-state index contributed by atoms with van der Waals surface area (Å²) in [5.41, 5.74) is 6.00. The van der Waals surface area contributed by atoms with E-state index < -0.39 is 5.91 Å². The lowest BCUT2D eigenvalue weighted by molar-refractivity contribution is -0.121. The minimum absolute atomic E-state index is 0.218. The van der Waals surface area contributed by atoms with Crippen LogP contribution in [-0.4, -0.2) is 18.9 Å². The van der Waals surface area contributed by atoms with Gasteiger partial charge in [0.2, 0.25) is 5.91 Å². The van der Waals surface area contributed by atoms with Crippen LogP contribution in [-0.2, 0) is 11.2 Å². The highest BCUT2D eigenvalue weighted by Crippen LogP contribution is 2.17. The lowest BCUT2D eigenvalue weighted by Crippen LogP contribution is -2.41. The second-order valence-corrected chi connectivity index (χ2v) is 5.20. The molecule has 0 spiro atoms. The molecule has 0 saturated carbocycles. The largest absolute Gasteiger partial charge is 0.496 e. The summed E-state index contributed by atoms with van der Waals surface area (Å²) in [6.07, 6.45) is 0.714. The third-order valence-corrected chi connectivity index (χ3v) is 3.62. The number of halogens is 1. The van der Waals surface area contributed by atoms with Crippen LogP contribution >= 0.6 is 11.6 Å². The topological polar surface area (TPSA) is 67.4 Å². The fraction of sp³-hybridized carbons (Fsp3) is 0.176. The van der Waals surface area contributed by atoms with E-state index in [1.54, 1.807) is 30.3 Å². The Kier molecular flexibility index (Phi) is 6.00. The number of hydrogen-bond donors (Lipinski definition) is 2. The highest BCUT2D eigenvalue weighted by molar-refractivity contribution is 6.31. The van der Waals surface area contributed by atoms with Crippen molar-refractivity contribution in [1.82, 2.24) is 10.9 Å². The second-order valence-electron chi connectivity index (χ2n) is 4.79. The Morgan fingerprint density at radius 2 is 1.74 bits per heavy atom. The van der Waals surface area contributed by atoms with Gasteiger partial charge in [-0.05, 0) is 30.2 Å². The third kappa shape index (κ3) is 4.72. The number of para-hydroxylation sites is 1. The van der Waals surface area contributed by atoms with Crippen molar-refractivity contribution in [2.75, 3.05) is 7.11 Å². The Hall–Kier alpha value is -2.53. The van der Waals surface area contributed by atoms with E-state index in [1.807, 2.05) is 18.2 Å². The Morgan fingerprint density at radius 3 is 2.48 bits per heavy atom. The molecule has 2 aromatic carbocycles. The molecule has 0 unspecified atom stereocenters. The van der Waals surface area contributed by atoms with Crippen LogP contribution in [0.25, 0.3) is 0 Å². The van der Waals surface area contributed by atoms with Crippen molar-refractivity contribution in [3.05, 3.63) is 64.7 Å². The second kappa shape index (κ2) is 8.19. The van der Waals surface area contributed by atoms with Gasteiger partial charge in [0.25, 0.3) is 5.91 Å². The van der Waals surface area contributed by atoms with Crippen LogP contribution in [0.3, 0.4) is 0 Å². The van der Waals surface area contributed by atoms with Crippen molar-refractivity contribution in [1.29, 1.82) is 0 Å². The van der Waals surface area contributed by atoms with Gasteiger partial charge in [-0.2, -0.15) is 0 Å². The first kappa shape index (κ1) is 16.8. The average Bonchev–Trinajstić information content (AvgIpc) is 2.58. The summed E-state index contributed by atoms with van der Waals surface area (Å²) in [7, 11) is 1.48. The molecule has 0 aliphatic carbocycles. The molecule has 0 atom stereocenters. The van der Waals surface area contributed by atoms with Crippen LogP contribution in [0.4, 0.5) is 0 Å². The zero-order valence-corrected chi connectivity index (χ0v) is 13.4. The van der Waals surface area contributed by atoms with Crippen molar-refractivity contribution in [2.24, 2.45) is 0 Å². The van der Waals surface area contributed by atoms with E-state index in [9.17, 15) is 9.59 Å². The molecule has 2 rings (SSSR count). The highest BCUT2D eigenvalue weighted by Gasteiger charge is 2.12. The van der Waals surface area contributed by atoms with Gasteiger partial charge in [0.15, 0.2) is 0 Å². The lowest BCUT2D eigenvalue weighted by Gasteiger charge is -2.10. The summed E-state index contributed by atoms with van der Waals surface area (Å²) in [4.78, 5) is 23.8. The van der Waals surface area contributed by atoms with Crippen LogP contribution in [0, 0.1) is 0 Å². The molecule has 2 aromatic rings. The summed E-state index contributed by atoms with van der Waals surface area (Å²) in [6, 6.07) is 14.1.